The lowest BCUT2D eigenvalue weighted by Gasteiger charge is -2.27. The lowest BCUT2D eigenvalue weighted by atomic mass is 9.98. The molecule has 2 saturated carbocycles. The van der Waals surface area contributed by atoms with E-state index in [2.05, 4.69) is 55.3 Å². The molecule has 0 bridgehead atoms. The van der Waals surface area contributed by atoms with Gasteiger partial charge in [-0.1, -0.05) is 36.4 Å². The van der Waals surface area contributed by atoms with Gasteiger partial charge in [0.2, 0.25) is 0 Å². The Hall–Kier alpha value is -1.38. The molecule has 0 saturated heterocycles. The third-order valence-electron chi connectivity index (χ3n) is 6.27. The zero-order valence-electron chi connectivity index (χ0n) is 14.2. The molecule has 2 unspecified atom stereocenters. The lowest BCUT2D eigenvalue weighted by molar-refractivity contribution is 0.158. The molecule has 2 aromatic rings. The van der Waals surface area contributed by atoms with Gasteiger partial charge in [-0.05, 0) is 73.4 Å². The Balaban J connectivity index is 1.54. The van der Waals surface area contributed by atoms with Crippen molar-refractivity contribution in [2.24, 2.45) is 11.8 Å². The Labute approximate surface area is 139 Å². The predicted octanol–water partition coefficient (Wildman–Crippen LogP) is 4.13. The van der Waals surface area contributed by atoms with Crippen molar-refractivity contribution < 1.29 is 5.11 Å². The standard InChI is InChI=1S/C21H27NO/c1-14-7-8-15-5-3-4-6-20(15)21(14)13-22(2)18-9-16-11-19(23)12-17(16)10-18/h3-8,16-19,23H,9-13H2,1-2H3/t16-,17+,18?,19?. The van der Waals surface area contributed by atoms with Gasteiger partial charge in [-0.3, -0.25) is 4.90 Å². The van der Waals surface area contributed by atoms with E-state index >= 15 is 0 Å². The van der Waals surface area contributed by atoms with E-state index < -0.39 is 0 Å². The van der Waals surface area contributed by atoms with Crippen molar-refractivity contribution in [3.63, 3.8) is 0 Å². The van der Waals surface area contributed by atoms with E-state index in [0.717, 1.165) is 31.2 Å². The number of benzene rings is 2. The minimum absolute atomic E-state index is 0.0310. The summed E-state index contributed by atoms with van der Waals surface area (Å²) in [6.07, 6.45) is 4.56. The molecule has 2 fully saturated rings. The first-order valence-corrected chi connectivity index (χ1v) is 8.97. The van der Waals surface area contributed by atoms with Gasteiger partial charge in [-0.15, -0.1) is 0 Å². The second kappa shape index (κ2) is 5.92. The molecule has 4 atom stereocenters. The Bertz CT molecular complexity index is 696. The van der Waals surface area contributed by atoms with Crippen molar-refractivity contribution in [3.8, 4) is 0 Å². The summed E-state index contributed by atoms with van der Waals surface area (Å²) in [5.74, 6) is 1.51. The summed E-state index contributed by atoms with van der Waals surface area (Å²) < 4.78 is 0. The molecule has 0 radical (unpaired) electrons. The molecule has 23 heavy (non-hydrogen) atoms. The molecule has 0 aliphatic heterocycles. The van der Waals surface area contributed by atoms with E-state index in [1.165, 1.54) is 34.7 Å². The molecule has 0 amide bonds. The highest BCUT2D eigenvalue weighted by atomic mass is 16.3. The molecule has 2 aromatic carbocycles. The molecule has 2 heteroatoms. The molecule has 2 aliphatic carbocycles. The van der Waals surface area contributed by atoms with E-state index in [1.807, 2.05) is 0 Å². The first-order valence-electron chi connectivity index (χ1n) is 8.97. The SMILES string of the molecule is Cc1ccc2ccccc2c1CN(C)C1C[C@H]2CC(O)C[C@H]2C1. The summed E-state index contributed by atoms with van der Waals surface area (Å²) in [5, 5.41) is 12.6. The predicted molar refractivity (Wildman–Crippen MR) is 95.4 cm³/mol. The molecule has 1 N–H and O–H groups in total. The maximum atomic E-state index is 9.84. The van der Waals surface area contributed by atoms with Crippen LogP contribution in [0.3, 0.4) is 0 Å². The van der Waals surface area contributed by atoms with Crippen LogP contribution in [-0.2, 0) is 6.54 Å². The number of aryl methyl sites for hydroxylation is 1. The highest BCUT2D eigenvalue weighted by Crippen LogP contribution is 2.45. The number of nitrogens with zero attached hydrogens (tertiary/aromatic N) is 1. The van der Waals surface area contributed by atoms with Crippen LogP contribution in [0.4, 0.5) is 0 Å². The van der Waals surface area contributed by atoms with Crippen LogP contribution < -0.4 is 0 Å². The average molecular weight is 309 g/mol. The number of fused-ring (bicyclic) bond motifs is 2. The minimum atomic E-state index is -0.0310. The van der Waals surface area contributed by atoms with E-state index in [4.69, 9.17) is 0 Å². The van der Waals surface area contributed by atoms with Crippen molar-refractivity contribution in [1.29, 1.82) is 0 Å². The Morgan fingerprint density at radius 1 is 1.00 bits per heavy atom. The summed E-state index contributed by atoms with van der Waals surface area (Å²) >= 11 is 0. The van der Waals surface area contributed by atoms with Crippen molar-refractivity contribution >= 4 is 10.8 Å². The highest BCUT2D eigenvalue weighted by Gasteiger charge is 2.42. The van der Waals surface area contributed by atoms with Crippen LogP contribution in [0.2, 0.25) is 0 Å². The number of aliphatic hydroxyl groups is 1. The third kappa shape index (κ3) is 2.79. The van der Waals surface area contributed by atoms with Crippen molar-refractivity contribution in [2.45, 2.75) is 51.3 Å². The maximum absolute atomic E-state index is 9.84. The van der Waals surface area contributed by atoms with E-state index in [0.29, 0.717) is 6.04 Å². The van der Waals surface area contributed by atoms with Crippen molar-refractivity contribution in [2.75, 3.05) is 7.05 Å². The van der Waals surface area contributed by atoms with E-state index in [9.17, 15) is 5.11 Å². The number of rotatable bonds is 3. The summed E-state index contributed by atoms with van der Waals surface area (Å²) in [5.41, 5.74) is 2.87. The molecule has 0 heterocycles. The summed E-state index contributed by atoms with van der Waals surface area (Å²) in [7, 11) is 2.28. The summed E-state index contributed by atoms with van der Waals surface area (Å²) in [6.45, 7) is 3.26. The fourth-order valence-corrected chi connectivity index (χ4v) is 4.95. The van der Waals surface area contributed by atoms with Crippen LogP contribution in [0.25, 0.3) is 10.8 Å². The fourth-order valence-electron chi connectivity index (χ4n) is 4.95. The summed E-state index contributed by atoms with van der Waals surface area (Å²) in [4.78, 5) is 2.56. The Kier molecular flexibility index (Phi) is 3.90. The fraction of sp³-hybridized carbons (Fsp3) is 0.524. The zero-order chi connectivity index (χ0) is 16.0. The number of aliphatic hydroxyl groups excluding tert-OH is 1. The van der Waals surface area contributed by atoms with Gasteiger partial charge < -0.3 is 5.11 Å². The quantitative estimate of drug-likeness (QED) is 0.921. The maximum Gasteiger partial charge on any atom is 0.0545 e. The first-order chi connectivity index (χ1) is 11.1. The third-order valence-corrected chi connectivity index (χ3v) is 6.27. The van der Waals surface area contributed by atoms with Crippen molar-refractivity contribution in [3.05, 3.63) is 47.5 Å². The first kappa shape index (κ1) is 15.2. The van der Waals surface area contributed by atoms with Crippen LogP contribution in [0.5, 0.6) is 0 Å². The van der Waals surface area contributed by atoms with Gasteiger partial charge in [0.1, 0.15) is 0 Å². The molecule has 4 rings (SSSR count). The number of hydrogen-bond acceptors (Lipinski definition) is 2. The van der Waals surface area contributed by atoms with Gasteiger partial charge in [0.25, 0.3) is 0 Å². The Morgan fingerprint density at radius 3 is 2.43 bits per heavy atom. The molecular weight excluding hydrogens is 282 g/mol. The zero-order valence-corrected chi connectivity index (χ0v) is 14.2. The van der Waals surface area contributed by atoms with Gasteiger partial charge in [-0.25, -0.2) is 0 Å². The normalized spacial score (nSPS) is 30.3. The smallest absolute Gasteiger partial charge is 0.0545 e. The van der Waals surface area contributed by atoms with Crippen LogP contribution >= 0.6 is 0 Å². The van der Waals surface area contributed by atoms with E-state index in [-0.39, 0.29) is 6.10 Å². The van der Waals surface area contributed by atoms with Crippen LogP contribution in [0.15, 0.2) is 36.4 Å². The van der Waals surface area contributed by atoms with Gasteiger partial charge in [0.15, 0.2) is 0 Å². The van der Waals surface area contributed by atoms with Gasteiger partial charge in [0.05, 0.1) is 6.10 Å². The van der Waals surface area contributed by atoms with Gasteiger partial charge >= 0.3 is 0 Å². The van der Waals surface area contributed by atoms with Crippen LogP contribution in [0.1, 0.15) is 36.8 Å². The lowest BCUT2D eigenvalue weighted by Crippen LogP contribution is -2.30. The van der Waals surface area contributed by atoms with Crippen LogP contribution in [-0.4, -0.2) is 29.2 Å². The molecule has 0 aromatic heterocycles. The number of hydrogen-bond donors (Lipinski definition) is 1. The second-order valence-corrected chi connectivity index (χ2v) is 7.77. The molecule has 0 spiro atoms. The molecule has 2 aliphatic rings. The summed E-state index contributed by atoms with van der Waals surface area (Å²) in [6, 6.07) is 13.9. The monoisotopic (exact) mass is 309 g/mol. The van der Waals surface area contributed by atoms with E-state index in [1.54, 1.807) is 0 Å². The van der Waals surface area contributed by atoms with Gasteiger partial charge in [0, 0.05) is 12.6 Å². The van der Waals surface area contributed by atoms with Crippen molar-refractivity contribution in [1.82, 2.24) is 4.90 Å². The highest BCUT2D eigenvalue weighted by molar-refractivity contribution is 5.86. The topological polar surface area (TPSA) is 23.5 Å². The minimum Gasteiger partial charge on any atom is -0.393 e. The van der Waals surface area contributed by atoms with Crippen LogP contribution in [0, 0.1) is 18.8 Å². The molecule has 2 nitrogen and oxygen atoms in total. The molecular formula is C21H27NO. The Morgan fingerprint density at radius 2 is 1.70 bits per heavy atom. The second-order valence-electron chi connectivity index (χ2n) is 7.77. The van der Waals surface area contributed by atoms with Gasteiger partial charge in [-0.2, -0.15) is 0 Å². The molecule has 122 valence electrons. The largest absolute Gasteiger partial charge is 0.393 e. The average Bonchev–Trinajstić information content (AvgIpc) is 3.07.